The van der Waals surface area contributed by atoms with Crippen molar-refractivity contribution in [3.8, 4) is 11.6 Å². The molecule has 2 aromatic carbocycles. The highest BCUT2D eigenvalue weighted by atomic mass is 35.5. The van der Waals surface area contributed by atoms with Gasteiger partial charge in [-0.2, -0.15) is 5.10 Å². The van der Waals surface area contributed by atoms with Crippen molar-refractivity contribution in [1.82, 2.24) is 14.6 Å². The SMILES string of the molecule is CCC(=O)N1N=C(c2c(O)n(-c3cc(C)cc(C)c3)c(=O)[nH]c2=O)C[C@@H]1c1ccc(Cl)cc1. The van der Waals surface area contributed by atoms with Gasteiger partial charge in [-0.3, -0.25) is 14.6 Å². The molecule has 0 saturated carbocycles. The summed E-state index contributed by atoms with van der Waals surface area (Å²) in [5.41, 5.74) is 1.54. The summed E-state index contributed by atoms with van der Waals surface area (Å²) < 4.78 is 1.04. The Kier molecular flexibility index (Phi) is 5.95. The van der Waals surface area contributed by atoms with Crippen molar-refractivity contribution in [3.05, 3.63) is 90.6 Å². The molecular formula is C24H23ClN4O4. The number of benzene rings is 2. The Balaban J connectivity index is 1.86. The Morgan fingerprint density at radius 3 is 2.39 bits per heavy atom. The van der Waals surface area contributed by atoms with Crippen molar-refractivity contribution in [3.63, 3.8) is 0 Å². The van der Waals surface area contributed by atoms with E-state index in [1.807, 2.05) is 19.9 Å². The van der Waals surface area contributed by atoms with Gasteiger partial charge in [0.1, 0.15) is 5.56 Å². The Bertz CT molecular complexity index is 1370. The van der Waals surface area contributed by atoms with E-state index in [0.29, 0.717) is 10.7 Å². The predicted octanol–water partition coefficient (Wildman–Crippen LogP) is 3.59. The fourth-order valence-electron chi connectivity index (χ4n) is 4.10. The van der Waals surface area contributed by atoms with Gasteiger partial charge in [0, 0.05) is 17.9 Å². The molecule has 0 unspecified atom stereocenters. The highest BCUT2D eigenvalue weighted by Crippen LogP contribution is 2.34. The molecule has 0 fully saturated rings. The van der Waals surface area contributed by atoms with E-state index in [-0.39, 0.29) is 30.0 Å². The van der Waals surface area contributed by atoms with Gasteiger partial charge in [-0.1, -0.05) is 36.7 Å². The summed E-state index contributed by atoms with van der Waals surface area (Å²) in [6.07, 6.45) is 0.403. The largest absolute Gasteiger partial charge is 0.493 e. The van der Waals surface area contributed by atoms with Crippen LogP contribution in [0.25, 0.3) is 5.69 Å². The van der Waals surface area contributed by atoms with Crippen LogP contribution in [0.5, 0.6) is 5.88 Å². The van der Waals surface area contributed by atoms with Crippen LogP contribution < -0.4 is 11.2 Å². The Labute approximate surface area is 194 Å². The van der Waals surface area contributed by atoms with E-state index in [2.05, 4.69) is 10.1 Å². The van der Waals surface area contributed by atoms with Crippen molar-refractivity contribution in [2.24, 2.45) is 5.10 Å². The van der Waals surface area contributed by atoms with Crippen LogP contribution in [-0.2, 0) is 4.79 Å². The zero-order valence-electron chi connectivity index (χ0n) is 18.4. The lowest BCUT2D eigenvalue weighted by atomic mass is 9.99. The second-order valence-corrected chi connectivity index (χ2v) is 8.49. The first-order chi connectivity index (χ1) is 15.7. The lowest BCUT2D eigenvalue weighted by molar-refractivity contribution is -0.132. The summed E-state index contributed by atoms with van der Waals surface area (Å²) in [6, 6.07) is 12.0. The maximum absolute atomic E-state index is 12.8. The number of amides is 1. The summed E-state index contributed by atoms with van der Waals surface area (Å²) in [7, 11) is 0. The smallest absolute Gasteiger partial charge is 0.335 e. The van der Waals surface area contributed by atoms with Crippen LogP contribution in [0.2, 0.25) is 5.02 Å². The number of H-pyrrole nitrogens is 1. The van der Waals surface area contributed by atoms with Crippen molar-refractivity contribution >= 4 is 23.2 Å². The molecule has 9 heteroatoms. The maximum Gasteiger partial charge on any atom is 0.335 e. The Morgan fingerprint density at radius 2 is 1.79 bits per heavy atom. The van der Waals surface area contributed by atoms with Gasteiger partial charge in [-0.15, -0.1) is 0 Å². The van der Waals surface area contributed by atoms with Crippen LogP contribution >= 0.6 is 11.6 Å². The van der Waals surface area contributed by atoms with Crippen molar-refractivity contribution in [1.29, 1.82) is 0 Å². The molecule has 1 atom stereocenters. The van der Waals surface area contributed by atoms with E-state index in [9.17, 15) is 19.5 Å². The van der Waals surface area contributed by atoms with Crippen LogP contribution in [0, 0.1) is 13.8 Å². The van der Waals surface area contributed by atoms with E-state index >= 15 is 0 Å². The molecule has 0 saturated heterocycles. The van der Waals surface area contributed by atoms with Gasteiger partial charge in [0.2, 0.25) is 11.8 Å². The van der Waals surface area contributed by atoms with E-state index in [0.717, 1.165) is 21.3 Å². The molecule has 1 aromatic heterocycles. The molecule has 0 bridgehead atoms. The first-order valence-corrected chi connectivity index (χ1v) is 10.9. The van der Waals surface area contributed by atoms with E-state index < -0.39 is 23.2 Å². The van der Waals surface area contributed by atoms with E-state index in [1.54, 1.807) is 43.3 Å². The lowest BCUT2D eigenvalue weighted by Gasteiger charge is -2.21. The van der Waals surface area contributed by atoms with Gasteiger partial charge >= 0.3 is 5.69 Å². The zero-order chi connectivity index (χ0) is 23.9. The number of aromatic nitrogens is 2. The van der Waals surface area contributed by atoms with Crippen LogP contribution in [0.3, 0.4) is 0 Å². The van der Waals surface area contributed by atoms with Crippen LogP contribution in [-0.4, -0.2) is 31.3 Å². The number of aromatic hydroxyl groups is 1. The molecule has 1 aliphatic rings. The summed E-state index contributed by atoms with van der Waals surface area (Å²) in [5, 5.41) is 17.3. The standard InChI is InChI=1S/C24H23ClN4O4/c1-4-20(30)29-19(15-5-7-16(25)8-6-15)12-18(27-29)21-22(31)26-24(33)28(23(21)32)17-10-13(2)9-14(3)11-17/h5-11,19,32H,4,12H2,1-3H3,(H,26,31,33)/t19-/m1/s1. The molecule has 4 rings (SSSR count). The number of aromatic amines is 1. The highest BCUT2D eigenvalue weighted by Gasteiger charge is 2.35. The summed E-state index contributed by atoms with van der Waals surface area (Å²) in [6.45, 7) is 5.47. The maximum atomic E-state index is 12.8. The normalized spacial score (nSPS) is 15.6. The number of hydrazone groups is 1. The molecule has 33 heavy (non-hydrogen) atoms. The highest BCUT2D eigenvalue weighted by molar-refractivity contribution is 6.30. The Hall–Kier alpha value is -3.65. The monoisotopic (exact) mass is 466 g/mol. The van der Waals surface area contributed by atoms with Gasteiger partial charge in [-0.05, 0) is 54.8 Å². The van der Waals surface area contributed by atoms with Crippen molar-refractivity contribution < 1.29 is 9.90 Å². The van der Waals surface area contributed by atoms with Crippen LogP contribution in [0.1, 0.15) is 48.1 Å². The van der Waals surface area contributed by atoms with E-state index in [1.165, 1.54) is 5.01 Å². The number of hydrogen-bond donors (Lipinski definition) is 2. The van der Waals surface area contributed by atoms with Gasteiger partial charge in [-0.25, -0.2) is 14.4 Å². The predicted molar refractivity (Wildman–Crippen MR) is 126 cm³/mol. The number of rotatable bonds is 4. The second kappa shape index (κ2) is 8.71. The fraction of sp³-hybridized carbons (Fsp3) is 0.250. The number of hydrogen-bond acceptors (Lipinski definition) is 5. The number of carbonyl (C=O) groups is 1. The van der Waals surface area contributed by atoms with Gasteiger partial charge in [0.25, 0.3) is 5.56 Å². The molecule has 0 radical (unpaired) electrons. The minimum atomic E-state index is -0.766. The second-order valence-electron chi connectivity index (χ2n) is 8.05. The Morgan fingerprint density at radius 1 is 1.15 bits per heavy atom. The quantitative estimate of drug-likeness (QED) is 0.612. The van der Waals surface area contributed by atoms with Crippen molar-refractivity contribution in [2.75, 3.05) is 0 Å². The molecular weight excluding hydrogens is 444 g/mol. The summed E-state index contributed by atoms with van der Waals surface area (Å²) in [4.78, 5) is 40.3. The average Bonchev–Trinajstić information content (AvgIpc) is 3.17. The number of nitrogens with zero attached hydrogens (tertiary/aromatic N) is 3. The third kappa shape index (κ3) is 4.21. The number of nitrogens with one attached hydrogen (secondary N) is 1. The fourth-order valence-corrected chi connectivity index (χ4v) is 4.23. The third-order valence-corrected chi connectivity index (χ3v) is 5.81. The number of carbonyl (C=O) groups excluding carboxylic acids is 1. The number of halogens is 1. The lowest BCUT2D eigenvalue weighted by Crippen LogP contribution is -2.33. The average molecular weight is 467 g/mol. The molecule has 0 aliphatic carbocycles. The molecule has 3 aromatic rings. The van der Waals surface area contributed by atoms with Crippen LogP contribution in [0.15, 0.2) is 57.2 Å². The number of aryl methyl sites for hydroxylation is 2. The molecule has 2 N–H and O–H groups in total. The van der Waals surface area contributed by atoms with Gasteiger partial charge in [0.05, 0.1) is 17.4 Å². The topological polar surface area (TPSA) is 108 Å². The van der Waals surface area contributed by atoms with E-state index in [4.69, 9.17) is 11.6 Å². The van der Waals surface area contributed by atoms with Gasteiger partial charge in [0.15, 0.2) is 0 Å². The molecule has 1 amide bonds. The minimum Gasteiger partial charge on any atom is -0.493 e. The molecule has 8 nitrogen and oxygen atoms in total. The van der Waals surface area contributed by atoms with Crippen LogP contribution in [0.4, 0.5) is 0 Å². The van der Waals surface area contributed by atoms with Crippen molar-refractivity contribution in [2.45, 2.75) is 39.7 Å². The molecule has 0 spiro atoms. The first kappa shape index (κ1) is 22.5. The zero-order valence-corrected chi connectivity index (χ0v) is 19.2. The molecule has 1 aliphatic heterocycles. The summed E-state index contributed by atoms with van der Waals surface area (Å²) in [5.74, 6) is -0.753. The van der Waals surface area contributed by atoms with Gasteiger partial charge < -0.3 is 5.11 Å². The molecule has 170 valence electrons. The minimum absolute atomic E-state index is 0.140. The first-order valence-electron chi connectivity index (χ1n) is 10.5. The molecule has 2 heterocycles. The third-order valence-electron chi connectivity index (χ3n) is 5.56. The summed E-state index contributed by atoms with van der Waals surface area (Å²) >= 11 is 6.00.